The van der Waals surface area contributed by atoms with Crippen LogP contribution < -0.4 is 0 Å². The lowest BCUT2D eigenvalue weighted by Crippen LogP contribution is -1.86. The summed E-state index contributed by atoms with van der Waals surface area (Å²) < 4.78 is 0. The summed E-state index contributed by atoms with van der Waals surface area (Å²) in [6, 6.07) is 0. The summed E-state index contributed by atoms with van der Waals surface area (Å²) in [5, 5.41) is 8.66. The summed E-state index contributed by atoms with van der Waals surface area (Å²) >= 11 is 0. The lowest BCUT2D eigenvalue weighted by Gasteiger charge is -1.82. The van der Waals surface area contributed by atoms with Gasteiger partial charge in [-0.15, -0.1) is 0 Å². The largest absolute Gasteiger partial charge is 0.396 e. The molecule has 1 N–H and O–H groups in total. The third kappa shape index (κ3) is 0.324. The third-order valence-electron chi connectivity index (χ3n) is 2.56. The minimum Gasteiger partial charge on any atom is -0.396 e. The van der Waals surface area contributed by atoms with Crippen LogP contribution in [-0.2, 0) is 0 Å². The molecule has 44 valence electrons. The maximum absolute atomic E-state index is 8.66. The molecule has 0 heterocycles. The van der Waals surface area contributed by atoms with Crippen molar-refractivity contribution in [3.05, 3.63) is 12.2 Å². The molecule has 0 bridgehead atoms. The van der Waals surface area contributed by atoms with Gasteiger partial charge in [0.25, 0.3) is 0 Å². The monoisotopic (exact) mass is 110 g/mol. The Morgan fingerprint density at radius 3 is 2.62 bits per heavy atom. The highest BCUT2D eigenvalue weighted by atomic mass is 16.3. The van der Waals surface area contributed by atoms with Gasteiger partial charge < -0.3 is 5.11 Å². The second kappa shape index (κ2) is 1.01. The normalized spacial score (nSPS) is 50.1. The van der Waals surface area contributed by atoms with Crippen LogP contribution in [-0.4, -0.2) is 11.7 Å². The SMILES string of the molecule is C=C1CC12CC2CO. The molecule has 0 radical (unpaired) electrons. The minimum absolute atomic E-state index is 0.374. The van der Waals surface area contributed by atoms with Gasteiger partial charge in [0, 0.05) is 12.0 Å². The molecular weight excluding hydrogens is 100 g/mol. The van der Waals surface area contributed by atoms with Crippen LogP contribution in [0, 0.1) is 11.3 Å². The summed E-state index contributed by atoms with van der Waals surface area (Å²) in [5.41, 5.74) is 1.85. The van der Waals surface area contributed by atoms with Crippen molar-refractivity contribution in [2.45, 2.75) is 12.8 Å². The topological polar surface area (TPSA) is 20.2 Å². The second-order valence-electron chi connectivity index (χ2n) is 3.02. The van der Waals surface area contributed by atoms with E-state index in [1.54, 1.807) is 0 Å². The highest BCUT2D eigenvalue weighted by Crippen LogP contribution is 2.73. The van der Waals surface area contributed by atoms with Gasteiger partial charge in [-0.05, 0) is 18.8 Å². The molecule has 8 heavy (non-hydrogen) atoms. The smallest absolute Gasteiger partial charge is 0.0468 e. The van der Waals surface area contributed by atoms with Crippen molar-refractivity contribution < 1.29 is 5.11 Å². The molecule has 0 saturated heterocycles. The highest BCUT2D eigenvalue weighted by Gasteiger charge is 2.65. The van der Waals surface area contributed by atoms with Crippen LogP contribution in [0.25, 0.3) is 0 Å². The fraction of sp³-hybridized carbons (Fsp3) is 0.714. The molecule has 0 aliphatic heterocycles. The average molecular weight is 110 g/mol. The van der Waals surface area contributed by atoms with Gasteiger partial charge in [-0.1, -0.05) is 12.2 Å². The fourth-order valence-corrected chi connectivity index (χ4v) is 1.61. The number of aliphatic hydroxyl groups is 1. The van der Waals surface area contributed by atoms with Crippen LogP contribution in [0.15, 0.2) is 12.2 Å². The van der Waals surface area contributed by atoms with Crippen molar-refractivity contribution >= 4 is 0 Å². The molecule has 2 saturated carbocycles. The van der Waals surface area contributed by atoms with E-state index in [0.717, 1.165) is 0 Å². The lowest BCUT2D eigenvalue weighted by atomic mass is 10.3. The van der Waals surface area contributed by atoms with Gasteiger partial charge in [-0.2, -0.15) is 0 Å². The summed E-state index contributed by atoms with van der Waals surface area (Å²) in [7, 11) is 0. The van der Waals surface area contributed by atoms with E-state index in [9.17, 15) is 0 Å². The molecule has 2 unspecified atom stereocenters. The van der Waals surface area contributed by atoms with Gasteiger partial charge in [0.15, 0.2) is 0 Å². The van der Waals surface area contributed by atoms with Crippen LogP contribution in [0.2, 0.25) is 0 Å². The van der Waals surface area contributed by atoms with Crippen molar-refractivity contribution in [3.8, 4) is 0 Å². The van der Waals surface area contributed by atoms with Crippen molar-refractivity contribution in [2.24, 2.45) is 11.3 Å². The fourth-order valence-electron chi connectivity index (χ4n) is 1.61. The zero-order valence-corrected chi connectivity index (χ0v) is 4.85. The molecule has 0 amide bonds. The Morgan fingerprint density at radius 2 is 2.50 bits per heavy atom. The van der Waals surface area contributed by atoms with Gasteiger partial charge in [0.05, 0.1) is 0 Å². The van der Waals surface area contributed by atoms with E-state index in [0.29, 0.717) is 17.9 Å². The van der Waals surface area contributed by atoms with Crippen LogP contribution in [0.1, 0.15) is 12.8 Å². The van der Waals surface area contributed by atoms with E-state index < -0.39 is 0 Å². The Balaban J connectivity index is 2.07. The standard InChI is InChI=1S/C7H10O/c1-5-2-7(5)3-6(7)4-8/h6,8H,1-4H2. The Labute approximate surface area is 49.0 Å². The molecule has 0 aromatic heterocycles. The molecule has 2 atom stereocenters. The summed E-state index contributed by atoms with van der Waals surface area (Å²) in [6.45, 7) is 4.24. The van der Waals surface area contributed by atoms with Crippen LogP contribution in [0.5, 0.6) is 0 Å². The third-order valence-corrected chi connectivity index (χ3v) is 2.56. The quantitative estimate of drug-likeness (QED) is 0.498. The van der Waals surface area contributed by atoms with E-state index in [-0.39, 0.29) is 0 Å². The van der Waals surface area contributed by atoms with E-state index >= 15 is 0 Å². The Hall–Kier alpha value is -0.300. The molecule has 2 fully saturated rings. The summed E-state index contributed by atoms with van der Waals surface area (Å²) in [4.78, 5) is 0. The minimum atomic E-state index is 0.374. The predicted molar refractivity (Wildman–Crippen MR) is 31.4 cm³/mol. The maximum atomic E-state index is 8.66. The number of hydrogen-bond donors (Lipinski definition) is 1. The lowest BCUT2D eigenvalue weighted by molar-refractivity contribution is 0.268. The molecule has 1 spiro atoms. The van der Waals surface area contributed by atoms with Gasteiger partial charge in [0.1, 0.15) is 0 Å². The molecule has 2 aliphatic rings. The first kappa shape index (κ1) is 4.57. The van der Waals surface area contributed by atoms with Gasteiger partial charge >= 0.3 is 0 Å². The summed E-state index contributed by atoms with van der Waals surface area (Å²) in [5.74, 6) is 0.593. The Kier molecular flexibility index (Phi) is 0.575. The number of rotatable bonds is 1. The first-order chi connectivity index (χ1) is 3.79. The molecular formula is C7H10O. The van der Waals surface area contributed by atoms with E-state index in [1.165, 1.54) is 18.4 Å². The molecule has 0 aromatic carbocycles. The van der Waals surface area contributed by atoms with Crippen molar-refractivity contribution in [2.75, 3.05) is 6.61 Å². The Bertz CT molecular complexity index is 150. The van der Waals surface area contributed by atoms with Crippen LogP contribution in [0.4, 0.5) is 0 Å². The van der Waals surface area contributed by atoms with E-state index in [4.69, 9.17) is 5.11 Å². The van der Waals surface area contributed by atoms with Crippen molar-refractivity contribution in [3.63, 3.8) is 0 Å². The van der Waals surface area contributed by atoms with Crippen molar-refractivity contribution in [1.29, 1.82) is 0 Å². The predicted octanol–water partition coefficient (Wildman–Crippen LogP) is 0.945. The highest BCUT2D eigenvalue weighted by molar-refractivity contribution is 5.39. The zero-order valence-electron chi connectivity index (χ0n) is 4.85. The van der Waals surface area contributed by atoms with Gasteiger partial charge in [-0.25, -0.2) is 0 Å². The van der Waals surface area contributed by atoms with E-state index in [1.807, 2.05) is 0 Å². The molecule has 0 aromatic rings. The average Bonchev–Trinajstić information content (AvgIpc) is 2.55. The van der Waals surface area contributed by atoms with Crippen molar-refractivity contribution in [1.82, 2.24) is 0 Å². The van der Waals surface area contributed by atoms with Gasteiger partial charge in [-0.3, -0.25) is 0 Å². The van der Waals surface area contributed by atoms with Gasteiger partial charge in [0.2, 0.25) is 0 Å². The number of hydrogen-bond acceptors (Lipinski definition) is 1. The van der Waals surface area contributed by atoms with Crippen LogP contribution in [0.3, 0.4) is 0 Å². The molecule has 1 heteroatoms. The van der Waals surface area contributed by atoms with Crippen LogP contribution >= 0.6 is 0 Å². The summed E-state index contributed by atoms with van der Waals surface area (Å²) in [6.07, 6.45) is 2.40. The first-order valence-electron chi connectivity index (χ1n) is 3.09. The Morgan fingerprint density at radius 1 is 1.88 bits per heavy atom. The number of aliphatic hydroxyl groups excluding tert-OH is 1. The zero-order chi connectivity index (χ0) is 5.78. The second-order valence-corrected chi connectivity index (χ2v) is 3.02. The van der Waals surface area contributed by atoms with E-state index in [2.05, 4.69) is 6.58 Å². The number of allylic oxidation sites excluding steroid dienone is 1. The molecule has 1 nitrogen and oxygen atoms in total. The first-order valence-corrected chi connectivity index (χ1v) is 3.09. The molecule has 2 aliphatic carbocycles. The maximum Gasteiger partial charge on any atom is 0.0468 e. The molecule has 2 rings (SSSR count).